The third-order valence-corrected chi connectivity index (χ3v) is 2.89. The van der Waals surface area contributed by atoms with E-state index >= 15 is 0 Å². The fourth-order valence-electron chi connectivity index (χ4n) is 1.78. The summed E-state index contributed by atoms with van der Waals surface area (Å²) >= 11 is 0. The average Bonchev–Trinajstić information content (AvgIpc) is 2.51. The number of nitrogens with one attached hydrogen (secondary N) is 1. The molecule has 0 bridgehead atoms. The molecule has 2 aromatic rings. The van der Waals surface area contributed by atoms with Crippen molar-refractivity contribution in [1.82, 2.24) is 5.32 Å². The van der Waals surface area contributed by atoms with Crippen LogP contribution in [0.5, 0.6) is 11.5 Å². The van der Waals surface area contributed by atoms with Gasteiger partial charge in [-0.15, -0.1) is 0 Å². The number of carbonyl (C=O) groups excluding carboxylic acids is 1. The fourth-order valence-corrected chi connectivity index (χ4v) is 1.78. The first kappa shape index (κ1) is 15.8. The average molecular weight is 305 g/mol. The van der Waals surface area contributed by atoms with Crippen LogP contribution in [-0.2, 0) is 0 Å². The Morgan fingerprint density at radius 3 is 2.73 bits per heavy atom. The molecular formula is C16H16FNO4. The van der Waals surface area contributed by atoms with Gasteiger partial charge in [-0.25, -0.2) is 4.39 Å². The van der Waals surface area contributed by atoms with E-state index in [1.807, 2.05) is 0 Å². The highest BCUT2D eigenvalue weighted by atomic mass is 19.1. The lowest BCUT2D eigenvalue weighted by atomic mass is 10.2. The van der Waals surface area contributed by atoms with Gasteiger partial charge in [0.1, 0.15) is 30.0 Å². The van der Waals surface area contributed by atoms with E-state index in [1.54, 1.807) is 18.2 Å². The molecule has 0 aliphatic carbocycles. The summed E-state index contributed by atoms with van der Waals surface area (Å²) in [6.45, 7) is -0.146. The van der Waals surface area contributed by atoms with E-state index in [0.717, 1.165) is 0 Å². The van der Waals surface area contributed by atoms with Gasteiger partial charge in [0, 0.05) is 12.6 Å². The third-order valence-electron chi connectivity index (χ3n) is 2.89. The summed E-state index contributed by atoms with van der Waals surface area (Å²) in [5.41, 5.74) is 0.126. The maximum atomic E-state index is 12.9. The first-order chi connectivity index (χ1) is 10.6. The number of phenols is 1. The normalized spacial score (nSPS) is 11.7. The summed E-state index contributed by atoms with van der Waals surface area (Å²) < 4.78 is 18.2. The van der Waals surface area contributed by atoms with Gasteiger partial charge >= 0.3 is 0 Å². The number of ether oxygens (including phenoxy) is 1. The van der Waals surface area contributed by atoms with Gasteiger partial charge in [0.15, 0.2) is 0 Å². The maximum Gasteiger partial charge on any atom is 0.255 e. The Labute approximate surface area is 127 Å². The highest BCUT2D eigenvalue weighted by Crippen LogP contribution is 2.15. The number of carbonyl (C=O) groups is 1. The van der Waals surface area contributed by atoms with Crippen LogP contribution in [0.25, 0.3) is 0 Å². The van der Waals surface area contributed by atoms with Crippen LogP contribution in [0.15, 0.2) is 48.5 Å². The Morgan fingerprint density at radius 1 is 1.23 bits per heavy atom. The van der Waals surface area contributed by atoms with Gasteiger partial charge < -0.3 is 20.3 Å². The lowest BCUT2D eigenvalue weighted by Gasteiger charge is -2.13. The fraction of sp³-hybridized carbons (Fsp3) is 0.188. The Morgan fingerprint density at radius 2 is 2.00 bits per heavy atom. The topological polar surface area (TPSA) is 78.8 Å². The molecule has 6 heteroatoms. The van der Waals surface area contributed by atoms with Gasteiger partial charge in [0.05, 0.1) is 5.56 Å². The van der Waals surface area contributed by atoms with E-state index in [4.69, 9.17) is 4.74 Å². The van der Waals surface area contributed by atoms with Crippen LogP contribution in [0.4, 0.5) is 4.39 Å². The van der Waals surface area contributed by atoms with E-state index in [1.165, 1.54) is 30.3 Å². The highest BCUT2D eigenvalue weighted by Gasteiger charge is 2.12. The van der Waals surface area contributed by atoms with Crippen molar-refractivity contribution in [3.05, 3.63) is 59.9 Å². The predicted octanol–water partition coefficient (Wildman–Crippen LogP) is 1.70. The Hall–Kier alpha value is -2.60. The zero-order chi connectivity index (χ0) is 15.9. The molecule has 0 unspecified atom stereocenters. The summed E-state index contributed by atoms with van der Waals surface area (Å²) in [5, 5.41) is 21.8. The Balaban J connectivity index is 1.79. The van der Waals surface area contributed by atoms with Gasteiger partial charge in [-0.05, 0) is 24.3 Å². The Bertz CT molecular complexity index is 648. The number of aliphatic hydroxyl groups excluding tert-OH is 1. The van der Waals surface area contributed by atoms with E-state index in [2.05, 4.69) is 5.32 Å². The number of phenolic OH excluding ortho intramolecular Hbond substituents is 1. The molecule has 0 fully saturated rings. The van der Waals surface area contributed by atoms with Crippen molar-refractivity contribution in [3.8, 4) is 11.5 Å². The first-order valence-corrected chi connectivity index (χ1v) is 6.69. The molecule has 0 radical (unpaired) electrons. The minimum absolute atomic E-state index is 0.0531. The summed E-state index contributed by atoms with van der Waals surface area (Å²) in [6, 6.07) is 11.7. The molecule has 3 N–H and O–H groups in total. The number of aliphatic hydroxyl groups is 1. The molecule has 0 saturated heterocycles. The predicted molar refractivity (Wildman–Crippen MR) is 78.3 cm³/mol. The lowest BCUT2D eigenvalue weighted by molar-refractivity contribution is 0.0841. The van der Waals surface area contributed by atoms with Crippen LogP contribution in [0.3, 0.4) is 0 Å². The number of amides is 1. The van der Waals surface area contributed by atoms with Gasteiger partial charge in [0.25, 0.3) is 5.91 Å². The highest BCUT2D eigenvalue weighted by molar-refractivity contribution is 5.96. The van der Waals surface area contributed by atoms with Crippen molar-refractivity contribution >= 4 is 5.91 Å². The second-order valence-electron chi connectivity index (χ2n) is 4.65. The molecule has 1 amide bonds. The number of aromatic hydroxyl groups is 1. The number of hydrogen-bond acceptors (Lipinski definition) is 4. The number of halogens is 1. The second kappa shape index (κ2) is 7.42. The minimum atomic E-state index is -0.960. The first-order valence-electron chi connectivity index (χ1n) is 6.69. The van der Waals surface area contributed by atoms with Crippen LogP contribution in [0.1, 0.15) is 10.4 Å². The lowest BCUT2D eigenvalue weighted by Crippen LogP contribution is -2.35. The summed E-state index contributed by atoms with van der Waals surface area (Å²) in [6.07, 6.45) is -0.960. The summed E-state index contributed by atoms with van der Waals surface area (Å²) in [5.74, 6) is -0.765. The summed E-state index contributed by atoms with van der Waals surface area (Å²) in [4.78, 5) is 11.8. The number of rotatable bonds is 6. The molecule has 2 rings (SSSR count). The van der Waals surface area contributed by atoms with Crippen molar-refractivity contribution in [3.63, 3.8) is 0 Å². The molecule has 1 atom stereocenters. The molecule has 0 heterocycles. The molecule has 0 saturated carbocycles. The van der Waals surface area contributed by atoms with E-state index in [0.29, 0.717) is 5.75 Å². The van der Waals surface area contributed by atoms with Crippen molar-refractivity contribution in [2.75, 3.05) is 13.2 Å². The standard InChI is InChI=1S/C16H16FNO4/c17-11-4-3-5-13(8-11)22-10-12(19)9-18-16(21)14-6-1-2-7-15(14)20/h1-8,12,19-20H,9-10H2,(H,18,21)/t12-/m1/s1. The molecule has 0 aromatic heterocycles. The molecule has 0 aliphatic rings. The van der Waals surface area contributed by atoms with Crippen molar-refractivity contribution < 1.29 is 24.1 Å². The molecular weight excluding hydrogens is 289 g/mol. The minimum Gasteiger partial charge on any atom is -0.507 e. The SMILES string of the molecule is O=C(NC[C@@H](O)COc1cccc(F)c1)c1ccccc1O. The van der Waals surface area contributed by atoms with Crippen LogP contribution in [0, 0.1) is 5.82 Å². The zero-order valence-corrected chi connectivity index (χ0v) is 11.7. The smallest absolute Gasteiger partial charge is 0.255 e. The van der Waals surface area contributed by atoms with Crippen LogP contribution >= 0.6 is 0 Å². The van der Waals surface area contributed by atoms with Crippen LogP contribution in [-0.4, -0.2) is 35.4 Å². The van der Waals surface area contributed by atoms with Gasteiger partial charge in [0.2, 0.25) is 0 Å². The second-order valence-corrected chi connectivity index (χ2v) is 4.65. The quantitative estimate of drug-likeness (QED) is 0.759. The van der Waals surface area contributed by atoms with E-state index in [9.17, 15) is 19.4 Å². The number of hydrogen-bond donors (Lipinski definition) is 3. The molecule has 2 aromatic carbocycles. The van der Waals surface area contributed by atoms with Gasteiger partial charge in [-0.1, -0.05) is 18.2 Å². The summed E-state index contributed by atoms with van der Waals surface area (Å²) in [7, 11) is 0. The molecule has 116 valence electrons. The molecule has 22 heavy (non-hydrogen) atoms. The van der Waals surface area contributed by atoms with Crippen molar-refractivity contribution in [2.45, 2.75) is 6.10 Å². The van der Waals surface area contributed by atoms with E-state index < -0.39 is 17.8 Å². The number of benzene rings is 2. The molecule has 0 aliphatic heterocycles. The largest absolute Gasteiger partial charge is 0.507 e. The van der Waals surface area contributed by atoms with Crippen LogP contribution in [0.2, 0.25) is 0 Å². The molecule has 0 spiro atoms. The molecule has 5 nitrogen and oxygen atoms in total. The zero-order valence-electron chi connectivity index (χ0n) is 11.7. The van der Waals surface area contributed by atoms with Crippen LogP contribution < -0.4 is 10.1 Å². The number of para-hydroxylation sites is 1. The third kappa shape index (κ3) is 4.46. The van der Waals surface area contributed by atoms with E-state index in [-0.39, 0.29) is 24.5 Å². The van der Waals surface area contributed by atoms with Crippen molar-refractivity contribution in [2.24, 2.45) is 0 Å². The van der Waals surface area contributed by atoms with Gasteiger partial charge in [-0.2, -0.15) is 0 Å². The van der Waals surface area contributed by atoms with Crippen molar-refractivity contribution in [1.29, 1.82) is 0 Å². The van der Waals surface area contributed by atoms with Gasteiger partial charge in [-0.3, -0.25) is 4.79 Å². The maximum absolute atomic E-state index is 12.9. The Kier molecular flexibility index (Phi) is 5.32. The monoisotopic (exact) mass is 305 g/mol.